The highest BCUT2D eigenvalue weighted by molar-refractivity contribution is 7.89. The number of likely N-dealkylation sites (tertiary alicyclic amines) is 1. The van der Waals surface area contributed by atoms with Crippen molar-refractivity contribution in [2.75, 3.05) is 39.0 Å². The number of carbonyl (C=O) groups excluding carboxylic acids is 2. The number of sulfonamides is 1. The van der Waals surface area contributed by atoms with Gasteiger partial charge in [-0.05, 0) is 61.8 Å². The molecule has 4 N–H and O–H groups in total. The molecule has 12 heteroatoms. The van der Waals surface area contributed by atoms with Crippen molar-refractivity contribution >= 4 is 27.9 Å². The maximum atomic E-state index is 13.2. The number of amides is 3. The molecule has 2 aliphatic rings. The molecule has 2 heterocycles. The van der Waals surface area contributed by atoms with E-state index in [1.807, 2.05) is 19.1 Å². The standard InChI is InChI=1S/C22H32N4O7S/c1-15-13-17(19(27)23-2)3-4-18(15)16-5-9-26(10-6-16)34(32,33)14-22(20(28)24-31)7-11-25(12-8-22)21(29)30/h3-4,13,16,31H,5-12,14H2,1-2H3,(H,23,27)(H,24,28)(H,29,30). The molecule has 1 aromatic rings. The van der Waals surface area contributed by atoms with Gasteiger partial charge in [-0.2, -0.15) is 0 Å². The molecule has 1 aromatic carbocycles. The van der Waals surface area contributed by atoms with Crippen molar-refractivity contribution in [3.8, 4) is 0 Å². The van der Waals surface area contributed by atoms with Crippen LogP contribution in [0.1, 0.15) is 53.1 Å². The normalized spacial score (nSPS) is 19.4. The number of hydroxylamine groups is 1. The minimum atomic E-state index is -3.83. The van der Waals surface area contributed by atoms with Crippen molar-refractivity contribution in [2.24, 2.45) is 5.41 Å². The van der Waals surface area contributed by atoms with Crippen LogP contribution in [0.15, 0.2) is 18.2 Å². The molecule has 0 unspecified atom stereocenters. The minimum Gasteiger partial charge on any atom is -0.465 e. The van der Waals surface area contributed by atoms with Gasteiger partial charge in [0.2, 0.25) is 10.0 Å². The fourth-order valence-corrected chi connectivity index (χ4v) is 7.05. The first kappa shape index (κ1) is 25.9. The van der Waals surface area contributed by atoms with Crippen molar-refractivity contribution < 1.29 is 33.1 Å². The second-order valence-corrected chi connectivity index (χ2v) is 11.0. The third-order valence-electron chi connectivity index (χ3n) is 7.08. The topological polar surface area (TPSA) is 156 Å². The van der Waals surface area contributed by atoms with Crippen LogP contribution in [0.3, 0.4) is 0 Å². The molecule has 3 amide bonds. The maximum Gasteiger partial charge on any atom is 0.407 e. The number of benzene rings is 1. The largest absolute Gasteiger partial charge is 0.465 e. The molecule has 2 fully saturated rings. The van der Waals surface area contributed by atoms with E-state index in [0.29, 0.717) is 31.5 Å². The monoisotopic (exact) mass is 496 g/mol. The zero-order chi connectivity index (χ0) is 25.1. The summed E-state index contributed by atoms with van der Waals surface area (Å²) < 4.78 is 27.9. The van der Waals surface area contributed by atoms with Gasteiger partial charge in [0.15, 0.2) is 0 Å². The Morgan fingerprint density at radius 3 is 2.24 bits per heavy atom. The Morgan fingerprint density at radius 1 is 1.12 bits per heavy atom. The van der Waals surface area contributed by atoms with Gasteiger partial charge < -0.3 is 15.3 Å². The highest BCUT2D eigenvalue weighted by Crippen LogP contribution is 2.37. The lowest BCUT2D eigenvalue weighted by Gasteiger charge is -2.40. The average molecular weight is 497 g/mol. The van der Waals surface area contributed by atoms with Gasteiger partial charge in [0, 0.05) is 38.8 Å². The van der Waals surface area contributed by atoms with E-state index in [-0.39, 0.29) is 37.8 Å². The van der Waals surface area contributed by atoms with Crippen molar-refractivity contribution in [3.63, 3.8) is 0 Å². The first-order valence-electron chi connectivity index (χ1n) is 11.3. The van der Waals surface area contributed by atoms with Gasteiger partial charge in [0.1, 0.15) is 0 Å². The fourth-order valence-electron chi connectivity index (χ4n) is 4.99. The second-order valence-electron chi connectivity index (χ2n) is 9.07. The molecule has 0 atom stereocenters. The quantitative estimate of drug-likeness (QED) is 0.340. The van der Waals surface area contributed by atoms with E-state index < -0.39 is 33.2 Å². The zero-order valence-corrected chi connectivity index (χ0v) is 20.2. The Kier molecular flexibility index (Phi) is 7.84. The number of rotatable bonds is 6. The lowest BCUT2D eigenvalue weighted by Crippen LogP contribution is -2.54. The zero-order valence-electron chi connectivity index (χ0n) is 19.4. The molecule has 0 aliphatic carbocycles. The van der Waals surface area contributed by atoms with Crippen LogP contribution in [0.25, 0.3) is 0 Å². The van der Waals surface area contributed by atoms with Crippen LogP contribution < -0.4 is 10.8 Å². The number of carbonyl (C=O) groups is 3. The second kappa shape index (κ2) is 10.3. The fraction of sp³-hybridized carbons (Fsp3) is 0.591. The minimum absolute atomic E-state index is 0.0122. The summed E-state index contributed by atoms with van der Waals surface area (Å²) in [7, 11) is -2.25. The van der Waals surface area contributed by atoms with Gasteiger partial charge in [-0.15, -0.1) is 0 Å². The predicted octanol–water partition coefficient (Wildman–Crippen LogP) is 1.13. The highest BCUT2D eigenvalue weighted by atomic mass is 32.2. The van der Waals surface area contributed by atoms with Gasteiger partial charge in [-0.25, -0.2) is 23.0 Å². The number of hydrogen-bond donors (Lipinski definition) is 4. The van der Waals surface area contributed by atoms with Crippen LogP contribution >= 0.6 is 0 Å². The summed E-state index contributed by atoms with van der Waals surface area (Å²) in [4.78, 5) is 36.7. The SMILES string of the molecule is CNC(=O)c1ccc(C2CCN(S(=O)(=O)CC3(C(=O)NO)CCN(C(=O)O)CC3)CC2)c(C)c1. The Hall–Kier alpha value is -2.70. The van der Waals surface area contributed by atoms with E-state index >= 15 is 0 Å². The molecule has 0 spiro atoms. The van der Waals surface area contributed by atoms with Crippen LogP contribution in [-0.2, 0) is 14.8 Å². The Morgan fingerprint density at radius 2 is 1.74 bits per heavy atom. The third kappa shape index (κ3) is 5.34. The molecule has 188 valence electrons. The van der Waals surface area contributed by atoms with E-state index in [1.165, 1.54) is 4.31 Å². The summed E-state index contributed by atoms with van der Waals surface area (Å²) in [5.41, 5.74) is 2.83. The van der Waals surface area contributed by atoms with E-state index in [2.05, 4.69) is 5.32 Å². The molecule has 2 saturated heterocycles. The Balaban J connectivity index is 1.69. The van der Waals surface area contributed by atoms with E-state index in [0.717, 1.165) is 16.0 Å². The average Bonchev–Trinajstić information content (AvgIpc) is 2.83. The molecule has 11 nitrogen and oxygen atoms in total. The van der Waals surface area contributed by atoms with Crippen molar-refractivity contribution in [2.45, 2.75) is 38.5 Å². The van der Waals surface area contributed by atoms with Gasteiger partial charge in [-0.3, -0.25) is 14.8 Å². The predicted molar refractivity (Wildman–Crippen MR) is 123 cm³/mol. The summed E-state index contributed by atoms with van der Waals surface area (Å²) in [5.74, 6) is -1.29. The lowest BCUT2D eigenvalue weighted by molar-refractivity contribution is -0.141. The third-order valence-corrected chi connectivity index (χ3v) is 9.15. The van der Waals surface area contributed by atoms with Crippen LogP contribution in [0.5, 0.6) is 0 Å². The highest BCUT2D eigenvalue weighted by Gasteiger charge is 2.47. The van der Waals surface area contributed by atoms with E-state index in [4.69, 9.17) is 5.11 Å². The number of carboxylic acid groups (broad SMARTS) is 1. The van der Waals surface area contributed by atoms with Crippen LogP contribution in [0.2, 0.25) is 0 Å². The van der Waals surface area contributed by atoms with E-state index in [9.17, 15) is 28.0 Å². The summed E-state index contributed by atoms with van der Waals surface area (Å²) in [6, 6.07) is 5.52. The number of piperidine rings is 2. The Labute approximate surface area is 199 Å². The van der Waals surface area contributed by atoms with Crippen LogP contribution in [-0.4, -0.2) is 84.8 Å². The summed E-state index contributed by atoms with van der Waals surface area (Å²) in [6.07, 6.45) is 0.106. The Bertz CT molecular complexity index is 1040. The summed E-state index contributed by atoms with van der Waals surface area (Å²) in [5, 5.41) is 21.0. The molecule has 0 aromatic heterocycles. The summed E-state index contributed by atoms with van der Waals surface area (Å²) in [6.45, 7) is 2.56. The van der Waals surface area contributed by atoms with Crippen molar-refractivity contribution in [1.29, 1.82) is 0 Å². The number of aryl methyl sites for hydroxylation is 1. The molecule has 3 rings (SSSR count). The van der Waals surface area contributed by atoms with E-state index in [1.54, 1.807) is 18.6 Å². The molecule has 2 aliphatic heterocycles. The molecule has 0 saturated carbocycles. The van der Waals surface area contributed by atoms with Gasteiger partial charge >= 0.3 is 6.09 Å². The first-order valence-corrected chi connectivity index (χ1v) is 12.9. The van der Waals surface area contributed by atoms with Crippen molar-refractivity contribution in [1.82, 2.24) is 20.0 Å². The van der Waals surface area contributed by atoms with Gasteiger partial charge in [-0.1, -0.05) is 6.07 Å². The van der Waals surface area contributed by atoms with Crippen molar-refractivity contribution in [3.05, 3.63) is 34.9 Å². The van der Waals surface area contributed by atoms with Gasteiger partial charge in [0.25, 0.3) is 11.8 Å². The number of nitrogens with one attached hydrogen (secondary N) is 2. The molecule has 34 heavy (non-hydrogen) atoms. The molecular formula is C22H32N4O7S. The molecule has 0 bridgehead atoms. The smallest absolute Gasteiger partial charge is 0.407 e. The molecular weight excluding hydrogens is 464 g/mol. The summed E-state index contributed by atoms with van der Waals surface area (Å²) >= 11 is 0. The first-order chi connectivity index (χ1) is 16.0. The van der Waals surface area contributed by atoms with Crippen LogP contribution in [0, 0.1) is 12.3 Å². The van der Waals surface area contributed by atoms with Crippen LogP contribution in [0.4, 0.5) is 4.79 Å². The molecule has 0 radical (unpaired) electrons. The number of nitrogens with zero attached hydrogens (tertiary/aromatic N) is 2. The maximum absolute atomic E-state index is 13.2. The number of hydrogen-bond acceptors (Lipinski definition) is 6. The van der Waals surface area contributed by atoms with Gasteiger partial charge in [0.05, 0.1) is 11.2 Å². The lowest BCUT2D eigenvalue weighted by atomic mass is 9.79.